The van der Waals surface area contributed by atoms with Gasteiger partial charge in [0.25, 0.3) is 6.71 Å². The largest absolute Gasteiger partial charge is 0.311 e. The molecule has 0 radical (unpaired) electrons. The lowest BCUT2D eigenvalue weighted by Gasteiger charge is -2.46. The molecule has 0 saturated carbocycles. The van der Waals surface area contributed by atoms with E-state index < -0.39 is 335 Å². The maximum absolute atomic E-state index is 11.6. The first-order valence-corrected chi connectivity index (χ1v) is 24.5. The van der Waals surface area contributed by atoms with Gasteiger partial charge in [0.15, 0.2) is 0 Å². The van der Waals surface area contributed by atoms with Crippen LogP contribution in [0.3, 0.4) is 0 Å². The van der Waals surface area contributed by atoms with E-state index in [9.17, 15) is 40.9 Å². The predicted octanol–water partition coefficient (Wildman–Crippen LogP) is 17.2. The number of rotatable bonds is 5. The molecule has 0 amide bonds. The first-order chi connectivity index (χ1) is 51.1. The van der Waals surface area contributed by atoms with Crippen molar-refractivity contribution in [1.29, 1.82) is 5.26 Å². The number of benzene rings is 10. The van der Waals surface area contributed by atoms with Crippen molar-refractivity contribution < 1.29 is 46.6 Å². The van der Waals surface area contributed by atoms with Crippen LogP contribution in [0.25, 0.3) is 58.8 Å². The average Bonchev–Trinajstić information content (AvgIpc) is 1.21. The van der Waals surface area contributed by atoms with Crippen molar-refractivity contribution in [1.82, 2.24) is 4.57 Å². The zero-order valence-electron chi connectivity index (χ0n) is 74.7. The molecule has 0 fully saturated rings. The van der Waals surface area contributed by atoms with Crippen molar-refractivity contribution in [2.75, 3.05) is 14.7 Å². The highest BCUT2D eigenvalue weighted by Gasteiger charge is 2.46. The van der Waals surface area contributed by atoms with Crippen LogP contribution >= 0.6 is 11.3 Å². The van der Waals surface area contributed by atoms with Gasteiger partial charge in [0.2, 0.25) is 0 Å². The maximum Gasteiger partial charge on any atom is 0.252 e. The second kappa shape index (κ2) is 16.1. The van der Waals surface area contributed by atoms with Gasteiger partial charge >= 0.3 is 0 Å². The van der Waals surface area contributed by atoms with E-state index in [1.165, 1.54) is 0 Å². The first-order valence-electron chi connectivity index (χ1n) is 40.7. The highest BCUT2D eigenvalue weighted by atomic mass is 32.1. The van der Waals surface area contributed by atoms with Crippen LogP contribution in [0.2, 0.25) is 0 Å². The third kappa shape index (κ3) is 6.44. The zero-order chi connectivity index (χ0) is 80.9. The quantitative estimate of drug-likeness (QED) is 0.161. The lowest BCUT2D eigenvalue weighted by Crippen LogP contribution is -2.61. The van der Waals surface area contributed by atoms with Gasteiger partial charge in [0, 0.05) is 70.8 Å². The molecular formula is C69H52BN5S. The molecule has 0 N–H and O–H groups in total. The van der Waals surface area contributed by atoms with Gasteiger partial charge in [-0.15, -0.1) is 11.3 Å². The number of fused-ring (bicyclic) bond motifs is 12. The van der Waals surface area contributed by atoms with E-state index in [0.29, 0.717) is 21.1 Å². The third-order valence-electron chi connectivity index (χ3n) is 13.6. The summed E-state index contributed by atoms with van der Waals surface area (Å²) < 4.78 is 331. The number of para-hydroxylation sites is 3. The van der Waals surface area contributed by atoms with E-state index in [-0.39, 0.29) is 31.3 Å². The molecule has 362 valence electrons. The number of nitriles is 1. The van der Waals surface area contributed by atoms with Gasteiger partial charge in [-0.25, -0.2) is 0 Å². The molecule has 0 atom stereocenters. The molecule has 0 unspecified atom stereocenters. The van der Waals surface area contributed by atoms with Crippen LogP contribution in [0, 0.1) is 11.3 Å². The molecular weight excluding hydrogens is 942 g/mol. The smallest absolute Gasteiger partial charge is 0.252 e. The lowest BCUT2D eigenvalue weighted by molar-refractivity contribution is 0.590. The standard InChI is InChI=1S/C69H52BN5S/c1-68(2,3)44-26-32-46(33-27-44)72(47-34-28-45(29-35-47)69(4,5)6)49-36-37-54-59(40-49)73(48-30-24-43(25-31-48)50-16-12-23-63-64(50)53-15-8-10-22-62(53)76-63)60-38-42(41-71)39-61-65(60)70(54)55-18-13-21-58-67(55)75(61)57-20-11-17-52-51-14-7-9-19-56(51)74(58)66(52)57/h7-40H,1-6H3/i7D,8D,9D,10D,11D,12D,13D,14D,15D,16D,17D,18D,19D,20D,21D,22D,23D,24D,25D,26D,27D,28D,29D,30D,31D,32D,33D,34D,35D,36D,37D,38D,39D,40D. The SMILES string of the molecule is [2H]c1c([2H])c2c3c(c1[2H])-n1c4c([2H])c([2H])c([2H])c([2H])c4c4c([2H])c([2H])c([2H])c(c41)N3c1c([2H])c(C#N)c([2H])c3c1B2c1c([2H])c([2H])c(N(c2c([2H])c([2H])c(C(C)(C)C)c([2H])c2[2H])c2c([2H])c([2H])c(C(C)(C)C)c([2H])c2[2H])c([2H])c1N3c1c([2H])c([2H])c(-c2c([2H])c([2H])c([2H])c3sc4c([2H])c([2H])c([2H])c([2H])c4c23)c([2H])c1[2H]. The van der Waals surface area contributed by atoms with Gasteiger partial charge in [0.1, 0.15) is 0 Å². The molecule has 7 heteroatoms. The Labute approximate surface area is 495 Å². The molecule has 0 saturated heterocycles. The Hall–Kier alpha value is -8.83. The number of nitrogens with zero attached hydrogens (tertiary/aromatic N) is 5. The Bertz CT molecular complexity index is 6380. The Morgan fingerprint density at radius 1 is 0.513 bits per heavy atom. The van der Waals surface area contributed by atoms with Crippen LogP contribution in [0.4, 0.5) is 51.2 Å². The Morgan fingerprint density at radius 2 is 1.12 bits per heavy atom. The topological polar surface area (TPSA) is 38.4 Å². The molecule has 2 aromatic heterocycles. The normalized spacial score (nSPS) is 19.6. The fourth-order valence-electron chi connectivity index (χ4n) is 10.1. The molecule has 76 heavy (non-hydrogen) atoms. The molecule has 0 bridgehead atoms. The summed E-state index contributed by atoms with van der Waals surface area (Å²) in [5.74, 6) is 0. The molecule has 3 aliphatic heterocycles. The van der Waals surface area contributed by atoms with Crippen molar-refractivity contribution in [3.63, 3.8) is 0 Å². The van der Waals surface area contributed by atoms with Crippen LogP contribution in [-0.4, -0.2) is 11.3 Å². The first kappa shape index (κ1) is 22.2. The van der Waals surface area contributed by atoms with Gasteiger partial charge in [0.05, 0.1) is 86.3 Å². The van der Waals surface area contributed by atoms with Gasteiger partial charge in [-0.3, -0.25) is 0 Å². The maximum atomic E-state index is 11.6. The van der Waals surface area contributed by atoms with Crippen molar-refractivity contribution in [3.8, 4) is 22.9 Å². The van der Waals surface area contributed by atoms with Crippen molar-refractivity contribution in [2.45, 2.75) is 52.4 Å². The van der Waals surface area contributed by atoms with Crippen molar-refractivity contribution >= 4 is 128 Å². The van der Waals surface area contributed by atoms with Gasteiger partial charge in [-0.2, -0.15) is 5.26 Å². The molecule has 0 spiro atoms. The summed E-state index contributed by atoms with van der Waals surface area (Å²) >= 11 is 0.609. The number of anilines is 9. The third-order valence-corrected chi connectivity index (χ3v) is 14.6. The molecule has 5 heterocycles. The number of hydrogen-bond donors (Lipinski definition) is 0. The van der Waals surface area contributed by atoms with Gasteiger partial charge < -0.3 is 19.3 Å². The van der Waals surface area contributed by atoms with E-state index in [2.05, 4.69) is 0 Å². The Balaban J connectivity index is 1.20. The minimum atomic E-state index is -2.22. The fraction of sp³-hybridized carbons (Fsp3) is 0.116. The highest BCUT2D eigenvalue weighted by Crippen LogP contribution is 2.53. The molecule has 5 nitrogen and oxygen atoms in total. The average molecular weight is 1030 g/mol. The predicted molar refractivity (Wildman–Crippen MR) is 323 cm³/mol. The summed E-state index contributed by atoms with van der Waals surface area (Å²) in [5, 5.41) is 9.97. The summed E-state index contributed by atoms with van der Waals surface area (Å²) in [6.45, 7) is 7.19. The van der Waals surface area contributed by atoms with E-state index in [0.717, 1.165) is 9.47 Å². The van der Waals surface area contributed by atoms with E-state index >= 15 is 0 Å². The van der Waals surface area contributed by atoms with Crippen LogP contribution in [0.1, 0.15) is 105 Å². The van der Waals surface area contributed by atoms with Gasteiger partial charge in [-0.1, -0.05) is 156 Å². The second-order valence-corrected chi connectivity index (χ2v) is 21.2. The summed E-state index contributed by atoms with van der Waals surface area (Å²) in [7, 11) is 0. The minimum absolute atomic E-state index is 0.199. The number of thiophene rings is 1. The minimum Gasteiger partial charge on any atom is -0.311 e. The molecule has 10 aromatic carbocycles. The number of hydrogen-bond acceptors (Lipinski definition) is 5. The zero-order valence-corrected chi connectivity index (χ0v) is 41.5. The van der Waals surface area contributed by atoms with Gasteiger partial charge in [-0.05, 0) is 140 Å². The van der Waals surface area contributed by atoms with Crippen LogP contribution in [-0.2, 0) is 10.8 Å². The molecule has 12 aromatic rings. The van der Waals surface area contributed by atoms with Crippen LogP contribution in [0.5, 0.6) is 0 Å². The summed E-state index contributed by atoms with van der Waals surface area (Å²) in [5.41, 5.74) is -16.8. The monoisotopic (exact) mass is 1030 g/mol. The molecule has 0 aliphatic carbocycles. The van der Waals surface area contributed by atoms with E-state index in [1.807, 2.05) is 6.07 Å². The highest BCUT2D eigenvalue weighted by molar-refractivity contribution is 7.26. The summed E-state index contributed by atoms with van der Waals surface area (Å²) in [6, 6.07) is -30.1. The lowest BCUT2D eigenvalue weighted by atomic mass is 9.33. The van der Waals surface area contributed by atoms with E-state index in [1.54, 1.807) is 41.5 Å². The Kier molecular flexibility index (Phi) is 4.69. The second-order valence-electron chi connectivity index (χ2n) is 20.2. The molecule has 3 aliphatic rings. The Morgan fingerprint density at radius 3 is 1.83 bits per heavy atom. The van der Waals surface area contributed by atoms with E-state index in [4.69, 9.17) is 11.0 Å². The summed E-state index contributed by atoms with van der Waals surface area (Å²) in [4.78, 5) is 2.13. The fourth-order valence-corrected chi connectivity index (χ4v) is 11.1. The van der Waals surface area contributed by atoms with Crippen molar-refractivity contribution in [2.24, 2.45) is 0 Å². The molecule has 15 rings (SSSR count). The van der Waals surface area contributed by atoms with Crippen LogP contribution in [0.15, 0.2) is 205 Å². The number of aromatic nitrogens is 1. The van der Waals surface area contributed by atoms with Crippen molar-refractivity contribution in [3.05, 3.63) is 222 Å². The summed E-state index contributed by atoms with van der Waals surface area (Å²) in [6.07, 6.45) is 0. The van der Waals surface area contributed by atoms with Crippen LogP contribution < -0.4 is 31.1 Å².